The largest absolute Gasteiger partial charge is 0.375 e. The first-order valence-electron chi connectivity index (χ1n) is 11.4. The third-order valence-electron chi connectivity index (χ3n) is 5.52. The Morgan fingerprint density at radius 3 is 2.53 bits per heavy atom. The van der Waals surface area contributed by atoms with E-state index in [-0.39, 0.29) is 5.91 Å². The zero-order chi connectivity index (χ0) is 23.8. The van der Waals surface area contributed by atoms with Crippen LogP contribution in [-0.4, -0.2) is 36.0 Å². The maximum atomic E-state index is 12.7. The molecule has 0 aliphatic carbocycles. The Morgan fingerprint density at radius 1 is 0.941 bits per heavy atom. The number of benzene rings is 3. The van der Waals surface area contributed by atoms with Crippen LogP contribution in [0, 0.1) is 6.92 Å². The molecule has 1 amide bonds. The van der Waals surface area contributed by atoms with Gasteiger partial charge < -0.3 is 15.5 Å². The van der Waals surface area contributed by atoms with Crippen LogP contribution in [0.25, 0.3) is 11.4 Å². The maximum Gasteiger partial charge on any atom is 0.251 e. The molecule has 2 N–H and O–H groups in total. The van der Waals surface area contributed by atoms with Gasteiger partial charge >= 0.3 is 0 Å². The van der Waals surface area contributed by atoms with Crippen molar-refractivity contribution in [2.24, 2.45) is 0 Å². The fourth-order valence-electron chi connectivity index (χ4n) is 3.59. The molecule has 34 heavy (non-hydrogen) atoms. The molecule has 1 aromatic heterocycles. The van der Waals surface area contributed by atoms with Gasteiger partial charge in [-0.05, 0) is 49.7 Å². The molecular formula is C28H29N5O. The van der Waals surface area contributed by atoms with E-state index in [0.29, 0.717) is 23.8 Å². The number of carbonyl (C=O) groups is 1. The molecule has 3 aromatic carbocycles. The lowest BCUT2D eigenvalue weighted by atomic mass is 10.1. The predicted octanol–water partition coefficient (Wildman–Crippen LogP) is 5.45. The van der Waals surface area contributed by atoms with Crippen LogP contribution in [0.15, 0.2) is 91.1 Å². The van der Waals surface area contributed by atoms with Gasteiger partial charge in [-0.2, -0.15) is 0 Å². The number of rotatable bonds is 9. The molecule has 0 fully saturated rings. The van der Waals surface area contributed by atoms with Crippen molar-refractivity contribution in [1.29, 1.82) is 0 Å². The molecule has 6 nitrogen and oxygen atoms in total. The summed E-state index contributed by atoms with van der Waals surface area (Å²) >= 11 is 0. The van der Waals surface area contributed by atoms with Gasteiger partial charge in [-0.3, -0.25) is 4.79 Å². The lowest BCUT2D eigenvalue weighted by Gasteiger charge is -2.19. The van der Waals surface area contributed by atoms with E-state index in [1.165, 1.54) is 11.3 Å². The Labute approximate surface area is 200 Å². The van der Waals surface area contributed by atoms with Gasteiger partial charge in [0.15, 0.2) is 5.82 Å². The zero-order valence-electron chi connectivity index (χ0n) is 19.5. The van der Waals surface area contributed by atoms with Crippen LogP contribution in [0.1, 0.15) is 22.3 Å². The van der Waals surface area contributed by atoms with Gasteiger partial charge in [0.2, 0.25) is 0 Å². The summed E-state index contributed by atoms with van der Waals surface area (Å²) in [5.74, 6) is 1.24. The summed E-state index contributed by atoms with van der Waals surface area (Å²) in [6.07, 6.45) is 2.59. The minimum Gasteiger partial charge on any atom is -0.375 e. The van der Waals surface area contributed by atoms with Gasteiger partial charge in [0.05, 0.1) is 0 Å². The maximum absolute atomic E-state index is 12.7. The molecule has 0 spiro atoms. The topological polar surface area (TPSA) is 70.2 Å². The third-order valence-corrected chi connectivity index (χ3v) is 5.52. The number of amides is 1. The lowest BCUT2D eigenvalue weighted by Crippen LogP contribution is -2.28. The highest BCUT2D eigenvalue weighted by Crippen LogP contribution is 2.20. The quantitative estimate of drug-likeness (QED) is 0.331. The third kappa shape index (κ3) is 6.19. The highest BCUT2D eigenvalue weighted by molar-refractivity contribution is 5.95. The lowest BCUT2D eigenvalue weighted by molar-refractivity contribution is 0.0953. The summed E-state index contributed by atoms with van der Waals surface area (Å²) in [6.45, 7) is 3.53. The van der Waals surface area contributed by atoms with E-state index in [4.69, 9.17) is 0 Å². The van der Waals surface area contributed by atoms with Crippen molar-refractivity contribution < 1.29 is 4.79 Å². The average molecular weight is 452 g/mol. The normalized spacial score (nSPS) is 10.5. The van der Waals surface area contributed by atoms with Crippen LogP contribution in [0.2, 0.25) is 0 Å². The molecule has 0 atom stereocenters. The molecule has 0 saturated heterocycles. The van der Waals surface area contributed by atoms with E-state index in [9.17, 15) is 4.79 Å². The monoisotopic (exact) mass is 451 g/mol. The number of nitrogens with zero attached hydrogens (tertiary/aromatic N) is 3. The fraction of sp³-hybridized carbons (Fsp3) is 0.179. The molecule has 0 unspecified atom stereocenters. The summed E-state index contributed by atoms with van der Waals surface area (Å²) in [5, 5.41) is 6.30. The number of anilines is 3. The Bertz CT molecular complexity index is 1230. The van der Waals surface area contributed by atoms with Crippen molar-refractivity contribution >= 4 is 23.1 Å². The SMILES string of the molecule is Cc1ccc(-c2nccc(Nc3cccc(C(=O)NCCCN(C)c4ccccc4)c3)n2)cc1. The van der Waals surface area contributed by atoms with Crippen LogP contribution in [0.5, 0.6) is 0 Å². The summed E-state index contributed by atoms with van der Waals surface area (Å²) in [5.41, 5.74) is 4.72. The number of aromatic nitrogens is 2. The smallest absolute Gasteiger partial charge is 0.251 e. The number of hydrogen-bond acceptors (Lipinski definition) is 5. The van der Waals surface area contributed by atoms with Crippen molar-refractivity contribution in [2.45, 2.75) is 13.3 Å². The molecule has 4 rings (SSSR count). The molecular weight excluding hydrogens is 422 g/mol. The molecule has 6 heteroatoms. The fourth-order valence-corrected chi connectivity index (χ4v) is 3.59. The Hall–Kier alpha value is -4.19. The first-order chi connectivity index (χ1) is 16.6. The Kier molecular flexibility index (Phi) is 7.50. The molecule has 1 heterocycles. The van der Waals surface area contributed by atoms with E-state index in [1.807, 2.05) is 72.8 Å². The van der Waals surface area contributed by atoms with Crippen LogP contribution < -0.4 is 15.5 Å². The molecule has 4 aromatic rings. The highest BCUT2D eigenvalue weighted by atomic mass is 16.1. The van der Waals surface area contributed by atoms with E-state index in [0.717, 1.165) is 24.2 Å². The zero-order valence-corrected chi connectivity index (χ0v) is 19.5. The highest BCUT2D eigenvalue weighted by Gasteiger charge is 2.08. The molecule has 0 radical (unpaired) electrons. The first kappa shape index (κ1) is 23.0. The number of aryl methyl sites for hydroxylation is 1. The van der Waals surface area contributed by atoms with Gasteiger partial charge in [-0.25, -0.2) is 9.97 Å². The molecule has 0 saturated carbocycles. The van der Waals surface area contributed by atoms with Gasteiger partial charge in [-0.15, -0.1) is 0 Å². The Balaban J connectivity index is 1.32. The van der Waals surface area contributed by atoms with E-state index in [1.54, 1.807) is 6.20 Å². The van der Waals surface area contributed by atoms with Crippen molar-refractivity contribution in [1.82, 2.24) is 15.3 Å². The average Bonchev–Trinajstić information content (AvgIpc) is 2.87. The standard InChI is InChI=1S/C28H29N5O/c1-21-12-14-22(15-13-21)27-29-18-16-26(32-27)31-24-9-6-8-23(20-24)28(34)30-17-7-19-33(2)25-10-4-3-5-11-25/h3-6,8-16,18,20H,7,17,19H2,1-2H3,(H,30,34)(H,29,31,32). The predicted molar refractivity (Wildman–Crippen MR) is 139 cm³/mol. The van der Waals surface area contributed by atoms with Crippen LogP contribution in [-0.2, 0) is 0 Å². The molecule has 172 valence electrons. The van der Waals surface area contributed by atoms with Gasteiger partial charge in [0.1, 0.15) is 5.82 Å². The first-order valence-corrected chi connectivity index (χ1v) is 11.4. The van der Waals surface area contributed by atoms with Gasteiger partial charge in [-0.1, -0.05) is 54.1 Å². The second-order valence-corrected chi connectivity index (χ2v) is 8.20. The van der Waals surface area contributed by atoms with Crippen molar-refractivity contribution in [3.8, 4) is 11.4 Å². The summed E-state index contributed by atoms with van der Waals surface area (Å²) in [6, 6.07) is 27.6. The minimum absolute atomic E-state index is 0.0888. The van der Waals surface area contributed by atoms with Crippen molar-refractivity contribution in [3.63, 3.8) is 0 Å². The van der Waals surface area contributed by atoms with Gasteiger partial charge in [0, 0.05) is 48.8 Å². The van der Waals surface area contributed by atoms with Crippen molar-refractivity contribution in [2.75, 3.05) is 30.4 Å². The molecule has 0 bridgehead atoms. The van der Waals surface area contributed by atoms with Crippen molar-refractivity contribution in [3.05, 3.63) is 102 Å². The number of nitrogens with one attached hydrogen (secondary N) is 2. The second-order valence-electron chi connectivity index (χ2n) is 8.20. The summed E-state index contributed by atoms with van der Waals surface area (Å²) in [7, 11) is 2.06. The van der Waals surface area contributed by atoms with Gasteiger partial charge in [0.25, 0.3) is 5.91 Å². The van der Waals surface area contributed by atoms with E-state index < -0.39 is 0 Å². The van der Waals surface area contributed by atoms with E-state index in [2.05, 4.69) is 51.6 Å². The number of para-hydroxylation sites is 1. The number of carbonyl (C=O) groups excluding carboxylic acids is 1. The summed E-state index contributed by atoms with van der Waals surface area (Å²) < 4.78 is 0. The van der Waals surface area contributed by atoms with Crippen LogP contribution >= 0.6 is 0 Å². The van der Waals surface area contributed by atoms with E-state index >= 15 is 0 Å². The minimum atomic E-state index is -0.0888. The Morgan fingerprint density at radius 2 is 1.74 bits per heavy atom. The molecule has 0 aliphatic rings. The molecule has 0 aliphatic heterocycles. The number of hydrogen-bond donors (Lipinski definition) is 2. The van der Waals surface area contributed by atoms with Crippen LogP contribution in [0.3, 0.4) is 0 Å². The second kappa shape index (κ2) is 11.1. The summed E-state index contributed by atoms with van der Waals surface area (Å²) in [4.78, 5) is 23.8. The van der Waals surface area contributed by atoms with Crippen LogP contribution in [0.4, 0.5) is 17.2 Å².